The molecular formula is C22H29ClN2O5. The lowest BCUT2D eigenvalue weighted by Gasteiger charge is -2.28. The summed E-state index contributed by atoms with van der Waals surface area (Å²) in [5.74, 6) is -0.349. The molecule has 0 saturated carbocycles. The third-order valence-electron chi connectivity index (χ3n) is 4.26. The predicted molar refractivity (Wildman–Crippen MR) is 116 cm³/mol. The summed E-state index contributed by atoms with van der Waals surface area (Å²) in [5.41, 5.74) is -0.631. The lowest BCUT2D eigenvalue weighted by atomic mass is 10.0. The van der Waals surface area contributed by atoms with Crippen molar-refractivity contribution in [2.45, 2.75) is 65.7 Å². The Morgan fingerprint density at radius 3 is 2.13 bits per heavy atom. The van der Waals surface area contributed by atoms with Crippen LogP contribution in [0.3, 0.4) is 0 Å². The zero-order valence-corrected chi connectivity index (χ0v) is 19.5. The lowest BCUT2D eigenvalue weighted by molar-refractivity contribution is 0.0231. The van der Waals surface area contributed by atoms with Gasteiger partial charge in [-0.3, -0.25) is 9.36 Å². The number of carbonyl (C=O) groups excluding carboxylic acids is 3. The summed E-state index contributed by atoms with van der Waals surface area (Å²) < 4.78 is 12.1. The third kappa shape index (κ3) is 5.53. The van der Waals surface area contributed by atoms with Crippen molar-refractivity contribution in [3.8, 4) is 0 Å². The van der Waals surface area contributed by atoms with E-state index in [1.54, 1.807) is 66.7 Å². The topological polar surface area (TPSA) is 77.8 Å². The highest BCUT2D eigenvalue weighted by atomic mass is 35.5. The monoisotopic (exact) mass is 436 g/mol. The molecule has 1 aromatic heterocycles. The van der Waals surface area contributed by atoms with Crippen molar-refractivity contribution >= 4 is 40.5 Å². The first-order chi connectivity index (χ1) is 13.6. The molecule has 0 aliphatic rings. The highest BCUT2D eigenvalue weighted by Gasteiger charge is 2.30. The van der Waals surface area contributed by atoms with Crippen molar-refractivity contribution in [2.75, 3.05) is 7.05 Å². The summed E-state index contributed by atoms with van der Waals surface area (Å²) in [5, 5.41) is 0.925. The van der Waals surface area contributed by atoms with Crippen LogP contribution >= 0.6 is 11.6 Å². The van der Waals surface area contributed by atoms with E-state index in [0.717, 1.165) is 0 Å². The molecule has 2 aromatic rings. The standard InChI is InChI=1S/C22H29ClN2O5/c1-13(24(8)19(27)29-21(2,3)4)18(26)16-12-25(20(28)30-22(5,6)7)17-10-9-14(23)11-15(16)17/h9-13H,1-8H3. The maximum absolute atomic E-state index is 13.2. The van der Waals surface area contributed by atoms with Gasteiger partial charge in [0.2, 0.25) is 0 Å². The Balaban J connectivity index is 2.45. The molecule has 7 nitrogen and oxygen atoms in total. The molecule has 0 saturated heterocycles. The molecular weight excluding hydrogens is 408 g/mol. The second-order valence-corrected chi connectivity index (χ2v) is 9.62. The Hall–Kier alpha value is -2.54. The number of hydrogen-bond donors (Lipinski definition) is 0. The van der Waals surface area contributed by atoms with E-state index in [1.165, 1.54) is 22.7 Å². The average Bonchev–Trinajstić information content (AvgIpc) is 2.95. The van der Waals surface area contributed by atoms with Crippen LogP contribution in [0.1, 0.15) is 58.8 Å². The SMILES string of the molecule is CC(C(=O)c1cn(C(=O)OC(C)(C)C)c2ccc(Cl)cc12)N(C)C(=O)OC(C)(C)C. The normalized spacial score (nSPS) is 13.1. The van der Waals surface area contributed by atoms with Gasteiger partial charge in [0.05, 0.1) is 11.6 Å². The van der Waals surface area contributed by atoms with Gasteiger partial charge in [-0.1, -0.05) is 11.6 Å². The fourth-order valence-corrected chi connectivity index (χ4v) is 2.93. The summed E-state index contributed by atoms with van der Waals surface area (Å²) in [6.07, 6.45) is 0.205. The van der Waals surface area contributed by atoms with Crippen molar-refractivity contribution in [3.05, 3.63) is 35.0 Å². The van der Waals surface area contributed by atoms with Gasteiger partial charge in [0, 0.05) is 29.2 Å². The molecule has 2 rings (SSSR count). The van der Waals surface area contributed by atoms with E-state index in [-0.39, 0.29) is 11.3 Å². The largest absolute Gasteiger partial charge is 0.444 e. The minimum Gasteiger partial charge on any atom is -0.444 e. The summed E-state index contributed by atoms with van der Waals surface area (Å²) in [7, 11) is 1.50. The smallest absolute Gasteiger partial charge is 0.419 e. The van der Waals surface area contributed by atoms with E-state index >= 15 is 0 Å². The number of likely N-dealkylation sites (N-methyl/N-ethyl adjacent to an activating group) is 1. The van der Waals surface area contributed by atoms with E-state index in [4.69, 9.17) is 21.1 Å². The Bertz CT molecular complexity index is 982. The molecule has 1 heterocycles. The maximum Gasteiger partial charge on any atom is 0.419 e. The number of halogens is 1. The van der Waals surface area contributed by atoms with E-state index in [2.05, 4.69) is 0 Å². The molecule has 0 fully saturated rings. The second-order valence-electron chi connectivity index (χ2n) is 9.19. The van der Waals surface area contributed by atoms with Crippen molar-refractivity contribution in [1.29, 1.82) is 0 Å². The van der Waals surface area contributed by atoms with E-state index in [0.29, 0.717) is 15.9 Å². The summed E-state index contributed by atoms with van der Waals surface area (Å²) >= 11 is 6.13. The molecule has 1 atom stereocenters. The third-order valence-corrected chi connectivity index (χ3v) is 4.50. The zero-order chi connectivity index (χ0) is 23.0. The minimum atomic E-state index is -0.823. The quantitative estimate of drug-likeness (QED) is 0.592. The maximum atomic E-state index is 13.2. The Morgan fingerprint density at radius 2 is 1.60 bits per heavy atom. The van der Waals surface area contributed by atoms with Crippen LogP contribution in [0.25, 0.3) is 10.9 Å². The van der Waals surface area contributed by atoms with Crippen LogP contribution in [-0.2, 0) is 9.47 Å². The Labute approximate surface area is 181 Å². The molecule has 0 aliphatic carbocycles. The van der Waals surface area contributed by atoms with Crippen LogP contribution < -0.4 is 0 Å². The number of fused-ring (bicyclic) bond motifs is 1. The zero-order valence-electron chi connectivity index (χ0n) is 18.7. The number of ether oxygens (including phenoxy) is 2. The molecule has 0 N–H and O–H groups in total. The van der Waals surface area contributed by atoms with E-state index in [9.17, 15) is 14.4 Å². The van der Waals surface area contributed by atoms with Gasteiger partial charge in [0.25, 0.3) is 0 Å². The minimum absolute atomic E-state index is 0.265. The molecule has 0 aliphatic heterocycles. The Kier molecular flexibility index (Phi) is 6.57. The van der Waals surface area contributed by atoms with Crippen LogP contribution in [0.5, 0.6) is 0 Å². The van der Waals surface area contributed by atoms with Crippen molar-refractivity contribution in [1.82, 2.24) is 9.47 Å². The van der Waals surface area contributed by atoms with Gasteiger partial charge >= 0.3 is 12.2 Å². The van der Waals surface area contributed by atoms with E-state index < -0.39 is 29.4 Å². The van der Waals surface area contributed by atoms with Crippen LogP contribution in [-0.4, -0.2) is 51.7 Å². The van der Waals surface area contributed by atoms with Gasteiger partial charge < -0.3 is 14.4 Å². The molecule has 8 heteroatoms. The molecule has 0 bridgehead atoms. The molecule has 0 radical (unpaired) electrons. The Morgan fingerprint density at radius 1 is 1.03 bits per heavy atom. The lowest BCUT2D eigenvalue weighted by Crippen LogP contribution is -2.43. The molecule has 1 amide bonds. The number of rotatable bonds is 3. The number of benzene rings is 1. The molecule has 0 spiro atoms. The molecule has 1 aromatic carbocycles. The fraction of sp³-hybridized carbons (Fsp3) is 0.500. The number of aromatic nitrogens is 1. The first-order valence-electron chi connectivity index (χ1n) is 9.65. The van der Waals surface area contributed by atoms with Crippen LogP contribution in [0.4, 0.5) is 9.59 Å². The van der Waals surface area contributed by atoms with E-state index in [1.807, 2.05) is 0 Å². The van der Waals surface area contributed by atoms with Crippen LogP contribution in [0, 0.1) is 0 Å². The number of ketones is 1. The number of amides is 1. The summed E-state index contributed by atoms with van der Waals surface area (Å²) in [4.78, 5) is 39.5. The van der Waals surface area contributed by atoms with Gasteiger partial charge in [-0.2, -0.15) is 0 Å². The molecule has 164 valence electrons. The van der Waals surface area contributed by atoms with Crippen molar-refractivity contribution in [2.24, 2.45) is 0 Å². The van der Waals surface area contributed by atoms with Crippen LogP contribution in [0.2, 0.25) is 5.02 Å². The number of Topliss-reactive ketones (excluding diaryl/α,β-unsaturated/α-hetero) is 1. The average molecular weight is 437 g/mol. The first-order valence-corrected chi connectivity index (χ1v) is 10.0. The van der Waals surface area contributed by atoms with Gasteiger partial charge in [0.1, 0.15) is 11.2 Å². The highest BCUT2D eigenvalue weighted by Crippen LogP contribution is 2.28. The number of hydrogen-bond acceptors (Lipinski definition) is 5. The van der Waals surface area contributed by atoms with Crippen molar-refractivity contribution < 1.29 is 23.9 Å². The van der Waals surface area contributed by atoms with Crippen molar-refractivity contribution in [3.63, 3.8) is 0 Å². The van der Waals surface area contributed by atoms with Gasteiger partial charge in [0.15, 0.2) is 5.78 Å². The summed E-state index contributed by atoms with van der Waals surface area (Å²) in [6, 6.07) is 4.08. The van der Waals surface area contributed by atoms with Gasteiger partial charge in [-0.05, 0) is 66.7 Å². The fourth-order valence-electron chi connectivity index (χ4n) is 2.75. The molecule has 1 unspecified atom stereocenters. The number of carbonyl (C=O) groups is 3. The van der Waals surface area contributed by atoms with Crippen LogP contribution in [0.15, 0.2) is 24.4 Å². The number of nitrogens with zero attached hydrogens (tertiary/aromatic N) is 2. The molecule has 30 heavy (non-hydrogen) atoms. The summed E-state index contributed by atoms with van der Waals surface area (Å²) in [6.45, 7) is 12.1. The van der Waals surface area contributed by atoms with Gasteiger partial charge in [-0.25, -0.2) is 9.59 Å². The highest BCUT2D eigenvalue weighted by molar-refractivity contribution is 6.31. The van der Waals surface area contributed by atoms with Gasteiger partial charge in [-0.15, -0.1) is 0 Å². The second kappa shape index (κ2) is 8.30. The predicted octanol–water partition coefficient (Wildman–Crippen LogP) is 5.52. The first kappa shape index (κ1) is 23.7.